The molecule has 0 radical (unpaired) electrons. The van der Waals surface area contributed by atoms with Crippen molar-refractivity contribution in [2.75, 3.05) is 6.54 Å². The minimum atomic E-state index is -0.378. The van der Waals surface area contributed by atoms with E-state index in [0.29, 0.717) is 33.4 Å². The molecule has 1 unspecified atom stereocenters. The van der Waals surface area contributed by atoms with Crippen molar-refractivity contribution in [3.8, 4) is 0 Å². The lowest BCUT2D eigenvalue weighted by atomic mass is 10.1. The molecule has 0 fully saturated rings. The SMILES string of the molecule is CCC(C)N(CC(=O)N(Cc1ccc(F)cc1)Cc1coc2ccccc2c1=O)C(=O)c1cccs1. The van der Waals surface area contributed by atoms with Gasteiger partial charge >= 0.3 is 0 Å². The van der Waals surface area contributed by atoms with Crippen LogP contribution >= 0.6 is 11.3 Å². The van der Waals surface area contributed by atoms with Crippen molar-refractivity contribution in [2.24, 2.45) is 0 Å². The highest BCUT2D eigenvalue weighted by molar-refractivity contribution is 7.12. The summed E-state index contributed by atoms with van der Waals surface area (Å²) < 4.78 is 19.1. The van der Waals surface area contributed by atoms with Crippen molar-refractivity contribution in [1.29, 1.82) is 0 Å². The standard InChI is InChI=1S/C28H27FN2O4S/c1-3-19(2)31(28(34)25-9-6-14-36-25)17-26(32)30(15-20-10-12-22(29)13-11-20)16-21-18-35-24-8-5-4-7-23(24)27(21)33/h4-14,18-19H,3,15-17H2,1-2H3. The maximum atomic E-state index is 13.6. The largest absolute Gasteiger partial charge is 0.464 e. The van der Waals surface area contributed by atoms with E-state index in [1.54, 1.807) is 53.4 Å². The van der Waals surface area contributed by atoms with Gasteiger partial charge in [0, 0.05) is 12.6 Å². The van der Waals surface area contributed by atoms with Gasteiger partial charge in [0.1, 0.15) is 17.9 Å². The maximum absolute atomic E-state index is 13.6. The highest BCUT2D eigenvalue weighted by atomic mass is 32.1. The normalized spacial score (nSPS) is 11.9. The molecular formula is C28H27FN2O4S. The van der Waals surface area contributed by atoms with Gasteiger partial charge in [0.2, 0.25) is 5.91 Å². The molecule has 0 saturated carbocycles. The molecule has 0 spiro atoms. The van der Waals surface area contributed by atoms with Crippen LogP contribution in [0.3, 0.4) is 0 Å². The van der Waals surface area contributed by atoms with Gasteiger partial charge in [-0.15, -0.1) is 11.3 Å². The fraction of sp³-hybridized carbons (Fsp3) is 0.250. The van der Waals surface area contributed by atoms with Gasteiger partial charge in [-0.2, -0.15) is 0 Å². The molecule has 2 heterocycles. The summed E-state index contributed by atoms with van der Waals surface area (Å²) in [7, 11) is 0. The second-order valence-corrected chi connectivity index (χ2v) is 9.58. The Bertz CT molecular complexity index is 1400. The number of thiophene rings is 1. The quantitative estimate of drug-likeness (QED) is 0.302. The third-order valence-corrected chi connectivity index (χ3v) is 7.03. The Balaban J connectivity index is 1.64. The average molecular weight is 507 g/mol. The molecular weight excluding hydrogens is 479 g/mol. The zero-order valence-electron chi connectivity index (χ0n) is 20.1. The lowest BCUT2D eigenvalue weighted by molar-refractivity contribution is -0.133. The predicted molar refractivity (Wildman–Crippen MR) is 138 cm³/mol. The van der Waals surface area contributed by atoms with Crippen LogP contribution in [0.1, 0.15) is 41.1 Å². The topological polar surface area (TPSA) is 70.8 Å². The predicted octanol–water partition coefficient (Wildman–Crippen LogP) is 5.46. The van der Waals surface area contributed by atoms with Crippen molar-refractivity contribution in [3.63, 3.8) is 0 Å². The summed E-state index contributed by atoms with van der Waals surface area (Å²) in [6.45, 7) is 3.85. The molecule has 0 aliphatic carbocycles. The van der Waals surface area contributed by atoms with E-state index in [4.69, 9.17) is 4.42 Å². The minimum Gasteiger partial charge on any atom is -0.464 e. The van der Waals surface area contributed by atoms with Gasteiger partial charge < -0.3 is 14.2 Å². The van der Waals surface area contributed by atoms with Crippen molar-refractivity contribution in [1.82, 2.24) is 9.80 Å². The molecule has 1 atom stereocenters. The van der Waals surface area contributed by atoms with Crippen LogP contribution in [-0.2, 0) is 17.9 Å². The van der Waals surface area contributed by atoms with Crippen molar-refractivity contribution >= 4 is 34.1 Å². The summed E-state index contributed by atoms with van der Waals surface area (Å²) in [6.07, 6.45) is 2.05. The third kappa shape index (κ3) is 5.71. The monoisotopic (exact) mass is 506 g/mol. The number of nitrogens with zero attached hydrogens (tertiary/aromatic N) is 2. The van der Waals surface area contributed by atoms with Gasteiger partial charge in [0.05, 0.1) is 28.6 Å². The van der Waals surface area contributed by atoms with Gasteiger partial charge in [-0.05, 0) is 54.6 Å². The summed E-state index contributed by atoms with van der Waals surface area (Å²) >= 11 is 1.33. The summed E-state index contributed by atoms with van der Waals surface area (Å²) in [5.41, 5.74) is 1.27. The second kappa shape index (κ2) is 11.3. The molecule has 4 aromatic rings. The van der Waals surface area contributed by atoms with Crippen LogP contribution in [0.5, 0.6) is 0 Å². The number of carbonyl (C=O) groups excluding carboxylic acids is 2. The Kier molecular flexibility index (Phi) is 7.95. The number of amides is 2. The molecule has 2 aromatic carbocycles. The zero-order chi connectivity index (χ0) is 25.7. The van der Waals surface area contributed by atoms with Crippen molar-refractivity contribution < 1.29 is 18.4 Å². The van der Waals surface area contributed by atoms with Gasteiger partial charge in [-0.1, -0.05) is 37.3 Å². The summed E-state index contributed by atoms with van der Waals surface area (Å²) in [4.78, 5) is 43.5. The van der Waals surface area contributed by atoms with E-state index < -0.39 is 0 Å². The summed E-state index contributed by atoms with van der Waals surface area (Å²) in [5.74, 6) is -0.909. The van der Waals surface area contributed by atoms with Gasteiger partial charge in [0.15, 0.2) is 5.43 Å². The molecule has 4 rings (SSSR count). The van der Waals surface area contributed by atoms with Crippen LogP contribution in [0.2, 0.25) is 0 Å². The number of halogens is 1. The van der Waals surface area contributed by atoms with E-state index in [2.05, 4.69) is 0 Å². The van der Waals surface area contributed by atoms with Crippen LogP contribution in [-0.4, -0.2) is 34.2 Å². The Morgan fingerprint density at radius 3 is 2.47 bits per heavy atom. The van der Waals surface area contributed by atoms with Gasteiger partial charge in [-0.25, -0.2) is 4.39 Å². The molecule has 2 aromatic heterocycles. The average Bonchev–Trinajstić information content (AvgIpc) is 3.44. The summed E-state index contributed by atoms with van der Waals surface area (Å²) in [6, 6.07) is 16.2. The molecule has 6 nitrogen and oxygen atoms in total. The summed E-state index contributed by atoms with van der Waals surface area (Å²) in [5, 5.41) is 2.25. The molecule has 0 N–H and O–H groups in total. The first kappa shape index (κ1) is 25.3. The first-order valence-electron chi connectivity index (χ1n) is 11.7. The smallest absolute Gasteiger partial charge is 0.264 e. The molecule has 2 amide bonds. The lowest BCUT2D eigenvalue weighted by Gasteiger charge is -2.31. The fourth-order valence-corrected chi connectivity index (χ4v) is 4.59. The zero-order valence-corrected chi connectivity index (χ0v) is 21.0. The molecule has 0 saturated heterocycles. The number of carbonyl (C=O) groups is 2. The van der Waals surface area contributed by atoms with Gasteiger partial charge in [0.25, 0.3) is 5.91 Å². The number of hydrogen-bond donors (Lipinski definition) is 0. The van der Waals surface area contributed by atoms with E-state index in [9.17, 15) is 18.8 Å². The molecule has 0 bridgehead atoms. The molecule has 0 aliphatic heterocycles. The Morgan fingerprint density at radius 1 is 1.03 bits per heavy atom. The van der Waals surface area contributed by atoms with E-state index in [1.807, 2.05) is 19.2 Å². The first-order valence-corrected chi connectivity index (χ1v) is 12.6. The minimum absolute atomic E-state index is 0.00901. The van der Waals surface area contributed by atoms with Crippen LogP contribution < -0.4 is 5.43 Å². The highest BCUT2D eigenvalue weighted by Gasteiger charge is 2.27. The number of benzene rings is 2. The molecule has 8 heteroatoms. The van der Waals surface area contributed by atoms with E-state index in [-0.39, 0.29) is 48.7 Å². The van der Waals surface area contributed by atoms with Gasteiger partial charge in [-0.3, -0.25) is 14.4 Å². The Morgan fingerprint density at radius 2 is 1.78 bits per heavy atom. The number of para-hydroxylation sites is 1. The van der Waals surface area contributed by atoms with E-state index >= 15 is 0 Å². The highest BCUT2D eigenvalue weighted by Crippen LogP contribution is 2.18. The third-order valence-electron chi connectivity index (χ3n) is 6.17. The first-order chi connectivity index (χ1) is 17.4. The maximum Gasteiger partial charge on any atom is 0.264 e. The molecule has 0 aliphatic rings. The number of rotatable bonds is 9. The van der Waals surface area contributed by atoms with E-state index in [0.717, 1.165) is 0 Å². The van der Waals surface area contributed by atoms with Crippen LogP contribution in [0.25, 0.3) is 11.0 Å². The Labute approximate surface area is 212 Å². The van der Waals surface area contributed by atoms with Crippen LogP contribution in [0.15, 0.2) is 81.5 Å². The van der Waals surface area contributed by atoms with Crippen LogP contribution in [0.4, 0.5) is 4.39 Å². The van der Waals surface area contributed by atoms with Crippen LogP contribution in [0, 0.1) is 5.82 Å². The fourth-order valence-electron chi connectivity index (χ4n) is 3.91. The number of fused-ring (bicyclic) bond motifs is 1. The van der Waals surface area contributed by atoms with Crippen molar-refractivity contribution in [2.45, 2.75) is 39.4 Å². The van der Waals surface area contributed by atoms with E-state index in [1.165, 1.54) is 34.6 Å². The number of hydrogen-bond acceptors (Lipinski definition) is 5. The molecule has 36 heavy (non-hydrogen) atoms. The molecule has 186 valence electrons. The second-order valence-electron chi connectivity index (χ2n) is 8.63. The Hall–Kier alpha value is -3.78. The van der Waals surface area contributed by atoms with Crippen molar-refractivity contribution in [3.05, 3.63) is 104 Å². The lowest BCUT2D eigenvalue weighted by Crippen LogP contribution is -2.46.